The first-order chi connectivity index (χ1) is 9.92. The van der Waals surface area contributed by atoms with E-state index in [-0.39, 0.29) is 0 Å². The second kappa shape index (κ2) is 5.14. The molecule has 0 amide bonds. The Bertz CT molecular complexity index is 593. The van der Waals surface area contributed by atoms with Gasteiger partial charge in [0.05, 0.1) is 6.04 Å². The van der Waals surface area contributed by atoms with Gasteiger partial charge in [0.1, 0.15) is 11.3 Å². The van der Waals surface area contributed by atoms with E-state index in [4.69, 9.17) is 4.98 Å². The monoisotopic (exact) mass is 271 g/mol. The summed E-state index contributed by atoms with van der Waals surface area (Å²) in [4.78, 5) is 9.42. The Labute approximate surface area is 118 Å². The van der Waals surface area contributed by atoms with Crippen molar-refractivity contribution < 1.29 is 0 Å². The number of imidazole rings is 1. The van der Waals surface area contributed by atoms with Gasteiger partial charge in [-0.05, 0) is 56.9 Å². The summed E-state index contributed by atoms with van der Waals surface area (Å²) in [5.74, 6) is 1.89. The third kappa shape index (κ3) is 2.11. The normalized spacial score (nSPS) is 26.6. The van der Waals surface area contributed by atoms with Crippen LogP contribution in [-0.2, 0) is 6.54 Å². The zero-order valence-corrected chi connectivity index (χ0v) is 11.7. The van der Waals surface area contributed by atoms with Crippen LogP contribution < -0.4 is 10.6 Å². The van der Waals surface area contributed by atoms with Crippen LogP contribution in [-0.4, -0.2) is 34.2 Å². The van der Waals surface area contributed by atoms with Crippen molar-refractivity contribution in [3.63, 3.8) is 0 Å². The molecule has 0 saturated carbocycles. The molecule has 0 radical (unpaired) electrons. The van der Waals surface area contributed by atoms with Gasteiger partial charge < -0.3 is 15.2 Å². The third-order valence-electron chi connectivity index (χ3n) is 4.51. The molecule has 4 heterocycles. The average molecular weight is 271 g/mol. The summed E-state index contributed by atoms with van der Waals surface area (Å²) in [6, 6.07) is 4.45. The molecule has 2 N–H and O–H groups in total. The fraction of sp³-hybridized carbons (Fsp3) is 0.600. The zero-order chi connectivity index (χ0) is 13.4. The van der Waals surface area contributed by atoms with E-state index in [2.05, 4.69) is 26.3 Å². The zero-order valence-electron chi connectivity index (χ0n) is 11.7. The molecule has 106 valence electrons. The van der Waals surface area contributed by atoms with Crippen molar-refractivity contribution >= 4 is 11.2 Å². The molecule has 0 aliphatic carbocycles. The van der Waals surface area contributed by atoms with Crippen LogP contribution in [0.4, 0.5) is 0 Å². The van der Waals surface area contributed by atoms with Crippen molar-refractivity contribution in [2.75, 3.05) is 19.6 Å². The maximum Gasteiger partial charge on any atom is 0.160 e. The molecule has 2 aliphatic rings. The lowest BCUT2D eigenvalue weighted by Gasteiger charge is -2.16. The van der Waals surface area contributed by atoms with Gasteiger partial charge in [-0.3, -0.25) is 0 Å². The van der Waals surface area contributed by atoms with E-state index in [1.54, 1.807) is 0 Å². The van der Waals surface area contributed by atoms with Crippen molar-refractivity contribution in [3.8, 4) is 0 Å². The largest absolute Gasteiger partial charge is 0.316 e. The second-order valence-electron chi connectivity index (χ2n) is 5.93. The standard InChI is InChI=1S/C15H21N5/c1-3-12(17-6-1)15-19-13-4-2-7-18-14(13)20(15)10-11-5-8-16-9-11/h2,4,7,11-12,16-17H,1,3,5-6,8-10H2. The summed E-state index contributed by atoms with van der Waals surface area (Å²) >= 11 is 0. The highest BCUT2D eigenvalue weighted by atomic mass is 15.2. The third-order valence-corrected chi connectivity index (χ3v) is 4.51. The number of nitrogens with one attached hydrogen (secondary N) is 2. The van der Waals surface area contributed by atoms with Gasteiger partial charge in [0, 0.05) is 12.7 Å². The van der Waals surface area contributed by atoms with Gasteiger partial charge in [-0.2, -0.15) is 0 Å². The maximum atomic E-state index is 4.85. The number of fused-ring (bicyclic) bond motifs is 1. The van der Waals surface area contributed by atoms with Crippen molar-refractivity contribution in [3.05, 3.63) is 24.2 Å². The van der Waals surface area contributed by atoms with Crippen LogP contribution in [0.1, 0.15) is 31.1 Å². The van der Waals surface area contributed by atoms with E-state index < -0.39 is 0 Å². The number of hydrogen-bond acceptors (Lipinski definition) is 4. The molecule has 2 aliphatic heterocycles. The van der Waals surface area contributed by atoms with E-state index in [9.17, 15) is 0 Å². The van der Waals surface area contributed by atoms with Gasteiger partial charge in [-0.25, -0.2) is 9.97 Å². The van der Waals surface area contributed by atoms with Gasteiger partial charge in [0.15, 0.2) is 5.65 Å². The molecule has 2 aromatic rings. The highest BCUT2D eigenvalue weighted by Gasteiger charge is 2.25. The van der Waals surface area contributed by atoms with Gasteiger partial charge in [0.2, 0.25) is 0 Å². The molecule has 20 heavy (non-hydrogen) atoms. The molecule has 0 aromatic carbocycles. The van der Waals surface area contributed by atoms with Crippen LogP contribution in [0.15, 0.2) is 18.3 Å². The van der Waals surface area contributed by atoms with Gasteiger partial charge >= 0.3 is 0 Å². The van der Waals surface area contributed by atoms with E-state index in [1.165, 1.54) is 25.1 Å². The highest BCUT2D eigenvalue weighted by molar-refractivity contribution is 5.71. The van der Waals surface area contributed by atoms with Crippen LogP contribution >= 0.6 is 0 Å². The van der Waals surface area contributed by atoms with Crippen LogP contribution in [0, 0.1) is 5.92 Å². The molecule has 2 aromatic heterocycles. The lowest BCUT2D eigenvalue weighted by Crippen LogP contribution is -2.21. The summed E-state index contributed by atoms with van der Waals surface area (Å²) < 4.78 is 2.36. The second-order valence-corrected chi connectivity index (χ2v) is 5.93. The van der Waals surface area contributed by atoms with Gasteiger partial charge in [0.25, 0.3) is 0 Å². The first-order valence-corrected chi connectivity index (χ1v) is 7.67. The Morgan fingerprint density at radius 3 is 3.10 bits per heavy atom. The summed E-state index contributed by atoms with van der Waals surface area (Å²) in [6.45, 7) is 4.39. The van der Waals surface area contributed by atoms with E-state index in [0.29, 0.717) is 12.0 Å². The highest BCUT2D eigenvalue weighted by Crippen LogP contribution is 2.27. The fourth-order valence-electron chi connectivity index (χ4n) is 3.46. The SMILES string of the molecule is c1cnc2c(c1)nc(C1CCCN1)n2CC1CCNC1. The van der Waals surface area contributed by atoms with E-state index in [0.717, 1.165) is 37.3 Å². The fourth-order valence-corrected chi connectivity index (χ4v) is 3.46. The summed E-state index contributed by atoms with van der Waals surface area (Å²) in [6.07, 6.45) is 5.56. The van der Waals surface area contributed by atoms with E-state index >= 15 is 0 Å². The van der Waals surface area contributed by atoms with Crippen LogP contribution in [0.25, 0.3) is 11.2 Å². The molecule has 4 rings (SSSR count). The van der Waals surface area contributed by atoms with Crippen molar-refractivity contribution in [2.45, 2.75) is 31.8 Å². The van der Waals surface area contributed by atoms with Crippen LogP contribution in [0.2, 0.25) is 0 Å². The lowest BCUT2D eigenvalue weighted by molar-refractivity contribution is 0.455. The summed E-state index contributed by atoms with van der Waals surface area (Å²) in [7, 11) is 0. The van der Waals surface area contributed by atoms with Crippen molar-refractivity contribution in [1.29, 1.82) is 0 Å². The Morgan fingerprint density at radius 1 is 1.30 bits per heavy atom. The number of nitrogens with zero attached hydrogens (tertiary/aromatic N) is 3. The Hall–Kier alpha value is -1.46. The summed E-state index contributed by atoms with van der Waals surface area (Å²) in [5, 5.41) is 7.02. The van der Waals surface area contributed by atoms with Gasteiger partial charge in [-0.1, -0.05) is 0 Å². The molecule has 2 atom stereocenters. The number of rotatable bonds is 3. The molecule has 0 spiro atoms. The molecule has 5 heteroatoms. The predicted octanol–water partition coefficient (Wildman–Crippen LogP) is 1.47. The molecule has 0 bridgehead atoms. The topological polar surface area (TPSA) is 54.8 Å². The number of pyridine rings is 1. The molecular formula is C15H21N5. The molecule has 5 nitrogen and oxygen atoms in total. The van der Waals surface area contributed by atoms with Crippen LogP contribution in [0.3, 0.4) is 0 Å². The molecule has 2 unspecified atom stereocenters. The number of aromatic nitrogens is 3. The molecule has 2 fully saturated rings. The smallest absolute Gasteiger partial charge is 0.160 e. The number of hydrogen-bond donors (Lipinski definition) is 2. The lowest BCUT2D eigenvalue weighted by atomic mass is 10.1. The minimum absolute atomic E-state index is 0.401. The quantitative estimate of drug-likeness (QED) is 0.887. The average Bonchev–Trinajstić information content (AvgIpc) is 3.19. The minimum Gasteiger partial charge on any atom is -0.316 e. The van der Waals surface area contributed by atoms with Crippen LogP contribution in [0.5, 0.6) is 0 Å². The van der Waals surface area contributed by atoms with Crippen molar-refractivity contribution in [1.82, 2.24) is 25.2 Å². The minimum atomic E-state index is 0.401. The maximum absolute atomic E-state index is 4.85. The molecule has 2 saturated heterocycles. The predicted molar refractivity (Wildman–Crippen MR) is 78.5 cm³/mol. The first kappa shape index (κ1) is 12.3. The van der Waals surface area contributed by atoms with Crippen molar-refractivity contribution in [2.24, 2.45) is 5.92 Å². The Kier molecular flexibility index (Phi) is 3.16. The Morgan fingerprint density at radius 2 is 2.30 bits per heavy atom. The van der Waals surface area contributed by atoms with Gasteiger partial charge in [-0.15, -0.1) is 0 Å². The summed E-state index contributed by atoms with van der Waals surface area (Å²) in [5.41, 5.74) is 2.07. The first-order valence-electron chi connectivity index (χ1n) is 7.67. The van der Waals surface area contributed by atoms with E-state index in [1.807, 2.05) is 12.3 Å². The molecular weight excluding hydrogens is 250 g/mol. The Balaban J connectivity index is 1.75.